The zero-order chi connectivity index (χ0) is 29.7. The molecule has 2 amide bonds. The lowest BCUT2D eigenvalue weighted by molar-refractivity contribution is -0.143. The highest BCUT2D eigenvalue weighted by Gasteiger charge is 2.37. The summed E-state index contributed by atoms with van der Waals surface area (Å²) in [5.74, 6) is 0.0545. The molecule has 3 unspecified atom stereocenters. The van der Waals surface area contributed by atoms with Crippen LogP contribution in [-0.4, -0.2) is 73.6 Å². The van der Waals surface area contributed by atoms with Gasteiger partial charge in [0.15, 0.2) is 0 Å². The smallest absolute Gasteiger partial charge is 0.245 e. The molecule has 224 valence electrons. The molecule has 0 aromatic heterocycles. The van der Waals surface area contributed by atoms with E-state index in [2.05, 4.69) is 36.3 Å². The predicted octanol–water partition coefficient (Wildman–Crippen LogP) is 5.26. The number of rotatable bonds is 11. The number of likely N-dealkylation sites (tertiary alicyclic amines) is 1. The van der Waals surface area contributed by atoms with Gasteiger partial charge in [-0.15, -0.1) is 0 Å². The van der Waals surface area contributed by atoms with Gasteiger partial charge in [-0.05, 0) is 62.1 Å². The number of halogens is 3. The number of hydrogen-bond donors (Lipinski definition) is 2. The summed E-state index contributed by atoms with van der Waals surface area (Å²) < 4.78 is 15.5. The van der Waals surface area contributed by atoms with Gasteiger partial charge >= 0.3 is 0 Å². The third-order valence-corrected chi connectivity index (χ3v) is 8.68. The average Bonchev–Trinajstić information content (AvgIpc) is 3.37. The second kappa shape index (κ2) is 14.2. The largest absolute Gasteiger partial charge is 0.365 e. The summed E-state index contributed by atoms with van der Waals surface area (Å²) in [4.78, 5) is 32.2. The molecular weight excluding hydrogens is 564 g/mol. The summed E-state index contributed by atoms with van der Waals surface area (Å²) in [6.45, 7) is 8.81. The predicted molar refractivity (Wildman–Crippen MR) is 164 cm³/mol. The van der Waals surface area contributed by atoms with Crippen molar-refractivity contribution in [3.05, 3.63) is 63.4 Å². The highest BCUT2D eigenvalue weighted by molar-refractivity contribution is 6.35. The van der Waals surface area contributed by atoms with Crippen molar-refractivity contribution in [1.82, 2.24) is 20.4 Å². The van der Waals surface area contributed by atoms with E-state index in [0.29, 0.717) is 67.2 Å². The van der Waals surface area contributed by atoms with Crippen LogP contribution in [0.15, 0.2) is 36.4 Å². The first-order chi connectivity index (χ1) is 19.6. The molecule has 2 N–H and O–H groups in total. The fourth-order valence-electron chi connectivity index (χ4n) is 5.87. The molecule has 0 radical (unpaired) electrons. The Labute approximate surface area is 253 Å². The Bertz CT molecular complexity index is 1220. The lowest BCUT2D eigenvalue weighted by Gasteiger charge is -2.40. The van der Waals surface area contributed by atoms with Crippen molar-refractivity contribution in [3.8, 4) is 0 Å². The highest BCUT2D eigenvalue weighted by Crippen LogP contribution is 2.34. The second-order valence-corrected chi connectivity index (χ2v) is 12.3. The molecular formula is C31H42Cl2FN5O2. The SMILES string of the molecule is CNC(C)NC(CC(C)C)c1cccc(F)c1N1CCN(C(=O)C(Cc2ccc(Cl)cc2Cl)N2CCCC2=O)CC1. The minimum atomic E-state index is -0.637. The number of nitrogens with one attached hydrogen (secondary N) is 2. The second-order valence-electron chi connectivity index (χ2n) is 11.5. The summed E-state index contributed by atoms with van der Waals surface area (Å²) in [6.07, 6.45) is 2.42. The number of anilines is 1. The fourth-order valence-corrected chi connectivity index (χ4v) is 6.36. The summed E-state index contributed by atoms with van der Waals surface area (Å²) in [6, 6.07) is 9.85. The Morgan fingerprint density at radius 1 is 1.05 bits per heavy atom. The summed E-state index contributed by atoms with van der Waals surface area (Å²) in [5.41, 5.74) is 2.31. The molecule has 0 spiro atoms. The molecule has 4 rings (SSSR count). The maximum atomic E-state index is 15.5. The van der Waals surface area contributed by atoms with E-state index in [0.717, 1.165) is 24.0 Å². The van der Waals surface area contributed by atoms with Crippen molar-refractivity contribution in [1.29, 1.82) is 0 Å². The highest BCUT2D eigenvalue weighted by atomic mass is 35.5. The van der Waals surface area contributed by atoms with Gasteiger partial charge in [-0.3, -0.25) is 14.9 Å². The van der Waals surface area contributed by atoms with Crippen molar-refractivity contribution in [2.24, 2.45) is 5.92 Å². The lowest BCUT2D eigenvalue weighted by atomic mass is 9.94. The normalized spacial score (nSPS) is 18.2. The minimum Gasteiger partial charge on any atom is -0.365 e. The number of amides is 2. The molecule has 2 heterocycles. The zero-order valence-electron chi connectivity index (χ0n) is 24.4. The molecule has 3 atom stereocenters. The molecule has 2 saturated heterocycles. The molecule has 7 nitrogen and oxygen atoms in total. The van der Waals surface area contributed by atoms with E-state index in [1.54, 1.807) is 23.1 Å². The van der Waals surface area contributed by atoms with Crippen LogP contribution in [0, 0.1) is 11.7 Å². The van der Waals surface area contributed by atoms with E-state index >= 15 is 4.39 Å². The van der Waals surface area contributed by atoms with Crippen LogP contribution in [0.3, 0.4) is 0 Å². The third kappa shape index (κ3) is 7.72. The molecule has 2 fully saturated rings. The zero-order valence-corrected chi connectivity index (χ0v) is 25.9. The first-order valence-corrected chi connectivity index (χ1v) is 15.3. The first kappa shape index (κ1) is 31.5. The van der Waals surface area contributed by atoms with Crippen molar-refractivity contribution < 1.29 is 14.0 Å². The van der Waals surface area contributed by atoms with Crippen LogP contribution in [0.25, 0.3) is 0 Å². The minimum absolute atomic E-state index is 0.0115. The number of benzene rings is 2. The Balaban J connectivity index is 1.53. The van der Waals surface area contributed by atoms with Crippen molar-refractivity contribution in [2.75, 3.05) is 44.7 Å². The number of para-hydroxylation sites is 1. The van der Waals surface area contributed by atoms with Gasteiger partial charge < -0.3 is 20.0 Å². The van der Waals surface area contributed by atoms with Gasteiger partial charge in [0.1, 0.15) is 11.9 Å². The number of hydrogen-bond acceptors (Lipinski definition) is 5. The maximum absolute atomic E-state index is 15.5. The van der Waals surface area contributed by atoms with Gasteiger partial charge in [0.25, 0.3) is 0 Å². The number of nitrogens with zero attached hydrogens (tertiary/aromatic N) is 3. The Hall–Kier alpha value is -2.39. The topological polar surface area (TPSA) is 67.9 Å². The van der Waals surface area contributed by atoms with Gasteiger partial charge in [-0.25, -0.2) is 4.39 Å². The van der Waals surface area contributed by atoms with Crippen LogP contribution in [-0.2, 0) is 16.0 Å². The van der Waals surface area contributed by atoms with Gasteiger partial charge in [0.05, 0.1) is 11.9 Å². The van der Waals surface area contributed by atoms with E-state index in [1.807, 2.05) is 24.1 Å². The fraction of sp³-hybridized carbons (Fsp3) is 0.548. The van der Waals surface area contributed by atoms with E-state index in [4.69, 9.17) is 23.2 Å². The molecule has 2 aliphatic rings. The van der Waals surface area contributed by atoms with Crippen LogP contribution in [0.2, 0.25) is 10.0 Å². The Morgan fingerprint density at radius 2 is 1.78 bits per heavy atom. The van der Waals surface area contributed by atoms with Crippen LogP contribution < -0.4 is 15.5 Å². The molecule has 0 bridgehead atoms. The van der Waals surface area contributed by atoms with E-state index in [1.165, 1.54) is 6.07 Å². The molecule has 41 heavy (non-hydrogen) atoms. The van der Waals surface area contributed by atoms with Gasteiger partial charge in [0, 0.05) is 61.7 Å². The molecule has 2 aromatic carbocycles. The van der Waals surface area contributed by atoms with Crippen LogP contribution >= 0.6 is 23.2 Å². The molecule has 0 aliphatic carbocycles. The molecule has 10 heteroatoms. The van der Waals surface area contributed by atoms with Gasteiger partial charge in [-0.1, -0.05) is 55.2 Å². The Kier molecular flexibility index (Phi) is 10.9. The van der Waals surface area contributed by atoms with Crippen molar-refractivity contribution >= 4 is 40.7 Å². The summed E-state index contributed by atoms with van der Waals surface area (Å²) in [7, 11) is 1.90. The quantitative estimate of drug-likeness (QED) is 0.342. The van der Waals surface area contributed by atoms with Crippen LogP contribution in [0.4, 0.5) is 10.1 Å². The maximum Gasteiger partial charge on any atom is 0.245 e. The molecule has 2 aliphatic heterocycles. The van der Waals surface area contributed by atoms with Crippen LogP contribution in [0.1, 0.15) is 57.2 Å². The standard InChI is InChI=1S/C31H42Cl2FN5O2/c1-20(2)17-27(36-21(3)35-4)24-7-5-8-26(34)30(24)37-13-15-38(16-14-37)31(41)28(39-12-6-9-29(39)40)18-22-10-11-23(32)19-25(22)33/h5,7-8,10-11,19-21,27-28,35-36H,6,9,12-18H2,1-4H3. The first-order valence-electron chi connectivity index (χ1n) is 14.6. The van der Waals surface area contributed by atoms with Crippen molar-refractivity contribution in [3.63, 3.8) is 0 Å². The lowest BCUT2D eigenvalue weighted by Crippen LogP contribution is -2.56. The monoisotopic (exact) mass is 605 g/mol. The van der Waals surface area contributed by atoms with E-state index in [9.17, 15) is 9.59 Å². The third-order valence-electron chi connectivity index (χ3n) is 8.09. The molecule has 0 saturated carbocycles. The van der Waals surface area contributed by atoms with Crippen molar-refractivity contribution in [2.45, 2.75) is 64.7 Å². The van der Waals surface area contributed by atoms with Gasteiger partial charge in [0.2, 0.25) is 11.8 Å². The molecule has 2 aromatic rings. The number of carbonyl (C=O) groups excluding carboxylic acids is 2. The summed E-state index contributed by atoms with van der Waals surface area (Å²) in [5, 5.41) is 7.83. The van der Waals surface area contributed by atoms with E-state index < -0.39 is 6.04 Å². The summed E-state index contributed by atoms with van der Waals surface area (Å²) >= 11 is 12.5. The number of carbonyl (C=O) groups is 2. The van der Waals surface area contributed by atoms with Crippen LogP contribution in [0.5, 0.6) is 0 Å². The van der Waals surface area contributed by atoms with E-state index in [-0.39, 0.29) is 29.8 Å². The number of piperazine rings is 1. The van der Waals surface area contributed by atoms with Gasteiger partial charge in [-0.2, -0.15) is 0 Å². The Morgan fingerprint density at radius 3 is 2.39 bits per heavy atom. The average molecular weight is 607 g/mol.